The van der Waals surface area contributed by atoms with Crippen LogP contribution in [0, 0.1) is 70.3 Å². The minimum absolute atomic E-state index is 0. The fourth-order valence-electron chi connectivity index (χ4n) is 0.990. The van der Waals surface area contributed by atoms with Crippen LogP contribution in [0.15, 0.2) is 0 Å². The summed E-state index contributed by atoms with van der Waals surface area (Å²) in [7, 11) is 0. The molecule has 0 spiro atoms. The molecule has 0 atom stereocenters. The van der Waals surface area contributed by atoms with E-state index in [2.05, 4.69) is 0 Å². The normalized spacial score (nSPS) is 9.83. The fourth-order valence-corrected chi connectivity index (χ4v) is 0.990. The van der Waals surface area contributed by atoms with E-state index in [-0.39, 0.29) is 26.2 Å². The standard InChI is InChI=1S/2C6F5.Zr/c2*7-2-1-3(8)5(10)6(11)4(2)9;/q2*-1;+2. The van der Waals surface area contributed by atoms with Gasteiger partial charge in [-0.1, -0.05) is 0 Å². The summed E-state index contributed by atoms with van der Waals surface area (Å²) in [6.07, 6.45) is 0. The Morgan fingerprint density at radius 2 is 0.522 bits per heavy atom. The van der Waals surface area contributed by atoms with Crippen molar-refractivity contribution in [2.75, 3.05) is 0 Å². The van der Waals surface area contributed by atoms with Gasteiger partial charge in [0, 0.05) is 0 Å². The Bertz CT molecular complexity index is 602. The van der Waals surface area contributed by atoms with E-state index in [0.29, 0.717) is 0 Å². The monoisotopic (exact) mass is 424 g/mol. The van der Waals surface area contributed by atoms with Crippen molar-refractivity contribution in [2.24, 2.45) is 0 Å². The Labute approximate surface area is 140 Å². The average Bonchev–Trinajstić information content (AvgIpc) is 2.47. The van der Waals surface area contributed by atoms with E-state index >= 15 is 0 Å². The first-order valence-corrected chi connectivity index (χ1v) is 4.89. The van der Waals surface area contributed by atoms with Crippen molar-refractivity contribution in [3.63, 3.8) is 0 Å². The molecule has 0 aromatic heterocycles. The van der Waals surface area contributed by atoms with Gasteiger partial charge in [0.2, 0.25) is 0 Å². The summed E-state index contributed by atoms with van der Waals surface area (Å²) in [4.78, 5) is 0. The van der Waals surface area contributed by atoms with Gasteiger partial charge in [-0.3, -0.25) is 17.6 Å². The molecule has 0 saturated heterocycles. The Kier molecular flexibility index (Phi) is 7.96. The van der Waals surface area contributed by atoms with Crippen LogP contribution in [-0.2, 0) is 26.2 Å². The summed E-state index contributed by atoms with van der Waals surface area (Å²) >= 11 is 0. The van der Waals surface area contributed by atoms with Gasteiger partial charge < -0.3 is 0 Å². The number of hydrogen-bond acceptors (Lipinski definition) is 0. The van der Waals surface area contributed by atoms with Gasteiger partial charge in [0.05, 0.1) is 58.2 Å². The molecule has 2 aromatic carbocycles. The molecule has 0 nitrogen and oxygen atoms in total. The molecule has 0 N–H and O–H groups in total. The zero-order valence-corrected chi connectivity index (χ0v) is 12.7. The van der Waals surface area contributed by atoms with Crippen LogP contribution < -0.4 is 0 Å². The third-order valence-electron chi connectivity index (χ3n) is 1.98. The van der Waals surface area contributed by atoms with Gasteiger partial charge in [0.25, 0.3) is 0 Å². The second-order valence-electron chi connectivity index (χ2n) is 3.39. The van der Waals surface area contributed by atoms with Gasteiger partial charge in [-0.05, 0) is 0 Å². The molecule has 0 bridgehead atoms. The number of halogens is 10. The minimum atomic E-state index is -2.17. The van der Waals surface area contributed by atoms with Crippen LogP contribution in [0.5, 0.6) is 0 Å². The van der Waals surface area contributed by atoms with E-state index in [1.807, 2.05) is 0 Å². The van der Waals surface area contributed by atoms with Crippen LogP contribution in [0.4, 0.5) is 43.9 Å². The Morgan fingerprint density at radius 1 is 0.348 bits per heavy atom. The van der Waals surface area contributed by atoms with Gasteiger partial charge in [0.1, 0.15) is 0 Å². The van der Waals surface area contributed by atoms with Gasteiger partial charge in [-0.25, -0.2) is 26.3 Å². The molecule has 0 heterocycles. The summed E-state index contributed by atoms with van der Waals surface area (Å²) in [5, 5.41) is 0. The van der Waals surface area contributed by atoms with Crippen molar-refractivity contribution >= 4 is 0 Å². The first kappa shape index (κ1) is 21.6. The van der Waals surface area contributed by atoms with Crippen LogP contribution >= 0.6 is 0 Å². The Balaban J connectivity index is 0.000000403. The summed E-state index contributed by atoms with van der Waals surface area (Å²) in [6, 6.07) is 2.05. The van der Waals surface area contributed by atoms with Crippen LogP contribution in [0.25, 0.3) is 0 Å². The molecule has 23 heavy (non-hydrogen) atoms. The van der Waals surface area contributed by atoms with Crippen molar-refractivity contribution < 1.29 is 70.1 Å². The summed E-state index contributed by atoms with van der Waals surface area (Å²) in [6.45, 7) is 0. The fraction of sp³-hybridized carbons (Fsp3) is 0. The summed E-state index contributed by atoms with van der Waals surface area (Å²) < 4.78 is 120. The van der Waals surface area contributed by atoms with Crippen molar-refractivity contribution in [3.05, 3.63) is 70.3 Å². The first-order chi connectivity index (χ1) is 10.1. The van der Waals surface area contributed by atoms with E-state index in [1.54, 1.807) is 0 Å². The van der Waals surface area contributed by atoms with Crippen LogP contribution in [0.2, 0.25) is 0 Å². The van der Waals surface area contributed by atoms with E-state index < -0.39 is 58.2 Å². The summed E-state index contributed by atoms with van der Waals surface area (Å²) in [5.41, 5.74) is 0. The van der Waals surface area contributed by atoms with Crippen molar-refractivity contribution in [3.8, 4) is 0 Å². The SMILES string of the molecule is Fc1[c-]c(F)c(F)c(F)c1F.Fc1[c-]c(F)c(F)c(F)c1F.[Zr+2]. The molecule has 11 heteroatoms. The largest absolute Gasteiger partial charge is 2.00 e. The maximum atomic E-state index is 12.0. The first-order valence-electron chi connectivity index (χ1n) is 4.89. The maximum Gasteiger partial charge on any atom is 2.00 e. The quantitative estimate of drug-likeness (QED) is 0.255. The second-order valence-corrected chi connectivity index (χ2v) is 3.39. The van der Waals surface area contributed by atoms with Gasteiger partial charge in [0.15, 0.2) is 0 Å². The molecule has 0 aliphatic carbocycles. The zero-order valence-electron chi connectivity index (χ0n) is 10.3. The van der Waals surface area contributed by atoms with Crippen LogP contribution in [-0.4, -0.2) is 0 Å². The molecule has 2 rings (SSSR count). The summed E-state index contributed by atoms with van der Waals surface area (Å²) in [5.74, 6) is -20.1. The number of hydrogen-bond donors (Lipinski definition) is 0. The predicted molar refractivity (Wildman–Crippen MR) is 50.1 cm³/mol. The van der Waals surface area contributed by atoms with Crippen molar-refractivity contribution in [2.45, 2.75) is 0 Å². The molecule has 0 amide bonds. The van der Waals surface area contributed by atoms with E-state index in [1.165, 1.54) is 0 Å². The van der Waals surface area contributed by atoms with E-state index in [9.17, 15) is 43.9 Å². The topological polar surface area (TPSA) is 0 Å². The minimum Gasteiger partial charge on any atom is -0.278 e. The average molecular weight is 425 g/mol. The second kappa shape index (κ2) is 8.47. The molecule has 0 unspecified atom stereocenters. The molecule has 0 radical (unpaired) electrons. The van der Waals surface area contributed by atoms with E-state index in [4.69, 9.17) is 0 Å². The molecular weight excluding hydrogens is 425 g/mol. The number of benzene rings is 2. The molecule has 0 aliphatic heterocycles. The van der Waals surface area contributed by atoms with Gasteiger partial charge >= 0.3 is 26.2 Å². The van der Waals surface area contributed by atoms with E-state index in [0.717, 1.165) is 12.1 Å². The molecule has 0 saturated carbocycles. The van der Waals surface area contributed by atoms with Crippen LogP contribution in [0.3, 0.4) is 0 Å². The Morgan fingerprint density at radius 3 is 0.696 bits per heavy atom. The third-order valence-corrected chi connectivity index (χ3v) is 1.98. The smallest absolute Gasteiger partial charge is 0.278 e. The molecule has 0 aliphatic rings. The van der Waals surface area contributed by atoms with Gasteiger partial charge in [-0.15, -0.1) is 12.1 Å². The molecule has 2 aromatic rings. The third kappa shape index (κ3) is 4.79. The molecule has 0 fully saturated rings. The Hall–Kier alpha value is -1.38. The van der Waals surface area contributed by atoms with Crippen LogP contribution in [0.1, 0.15) is 0 Å². The molecular formula is C12F10Zr. The number of rotatable bonds is 0. The van der Waals surface area contributed by atoms with Crippen molar-refractivity contribution in [1.82, 2.24) is 0 Å². The van der Waals surface area contributed by atoms with Gasteiger partial charge in [-0.2, -0.15) is 0 Å². The molecule has 122 valence electrons. The van der Waals surface area contributed by atoms with Crippen molar-refractivity contribution in [1.29, 1.82) is 0 Å². The zero-order chi connectivity index (χ0) is 17.2. The maximum absolute atomic E-state index is 12.0. The predicted octanol–water partition coefficient (Wildman–Crippen LogP) is 4.36.